The van der Waals surface area contributed by atoms with E-state index in [0.29, 0.717) is 18.2 Å². The lowest BCUT2D eigenvalue weighted by atomic mass is 9.93. The summed E-state index contributed by atoms with van der Waals surface area (Å²) in [5, 5.41) is 13.6. The van der Waals surface area contributed by atoms with Crippen LogP contribution in [0.3, 0.4) is 0 Å². The Morgan fingerprint density at radius 1 is 1.53 bits per heavy atom. The van der Waals surface area contributed by atoms with Crippen LogP contribution in [0.1, 0.15) is 49.0 Å². The van der Waals surface area contributed by atoms with E-state index in [9.17, 15) is 9.90 Å². The first-order valence-corrected chi connectivity index (χ1v) is 6.10. The minimum atomic E-state index is -0.324. The van der Waals surface area contributed by atoms with Gasteiger partial charge >= 0.3 is 5.97 Å². The summed E-state index contributed by atoms with van der Waals surface area (Å²) in [5.41, 5.74) is 0.498. The molecule has 0 radical (unpaired) electrons. The minimum Gasteiger partial charge on any atom is -0.462 e. The van der Waals surface area contributed by atoms with Crippen LogP contribution in [0, 0.1) is 0 Å². The Morgan fingerprint density at radius 2 is 2.24 bits per heavy atom. The summed E-state index contributed by atoms with van der Waals surface area (Å²) >= 11 is 0. The lowest BCUT2D eigenvalue weighted by Gasteiger charge is -2.25. The average molecular weight is 238 g/mol. The Balaban J connectivity index is 2.00. The highest BCUT2D eigenvalue weighted by Crippen LogP contribution is 2.27. The van der Waals surface area contributed by atoms with Crippen molar-refractivity contribution in [1.29, 1.82) is 0 Å². The largest absolute Gasteiger partial charge is 0.462 e. The van der Waals surface area contributed by atoms with E-state index in [1.165, 1.54) is 0 Å². The molecule has 2 rings (SSSR count). The van der Waals surface area contributed by atoms with E-state index >= 15 is 0 Å². The standard InChI is InChI=1S/C12H18N2O3/c1-2-17-12(16)9-7-13-14(8-9)10-3-5-11(15)6-4-10/h7-8,10-11,15H,2-6H2,1H3/t10-,11-. The van der Waals surface area contributed by atoms with Crippen molar-refractivity contribution in [1.82, 2.24) is 9.78 Å². The number of aromatic nitrogens is 2. The van der Waals surface area contributed by atoms with E-state index in [4.69, 9.17) is 4.74 Å². The predicted octanol–water partition coefficient (Wildman–Crippen LogP) is 1.54. The third-order valence-electron chi connectivity index (χ3n) is 3.15. The summed E-state index contributed by atoms with van der Waals surface area (Å²) in [6.45, 7) is 2.16. The fraction of sp³-hybridized carbons (Fsp3) is 0.667. The maximum atomic E-state index is 11.5. The third kappa shape index (κ3) is 2.85. The number of aliphatic hydroxyl groups is 1. The molecule has 0 atom stereocenters. The molecule has 1 aromatic rings. The average Bonchev–Trinajstić information content (AvgIpc) is 2.80. The molecule has 94 valence electrons. The molecule has 1 saturated carbocycles. The monoisotopic (exact) mass is 238 g/mol. The fourth-order valence-electron chi connectivity index (χ4n) is 2.18. The van der Waals surface area contributed by atoms with Crippen molar-refractivity contribution < 1.29 is 14.6 Å². The van der Waals surface area contributed by atoms with E-state index in [1.54, 1.807) is 19.3 Å². The molecule has 0 spiro atoms. The molecule has 1 N–H and O–H groups in total. The molecule has 1 aromatic heterocycles. The Kier molecular flexibility index (Phi) is 3.78. The molecule has 17 heavy (non-hydrogen) atoms. The van der Waals surface area contributed by atoms with Crippen molar-refractivity contribution in [3.63, 3.8) is 0 Å². The van der Waals surface area contributed by atoms with Gasteiger partial charge in [0.25, 0.3) is 0 Å². The highest BCUT2D eigenvalue weighted by molar-refractivity contribution is 5.88. The number of hydrogen-bond donors (Lipinski definition) is 1. The van der Waals surface area contributed by atoms with Gasteiger partial charge in [0.15, 0.2) is 0 Å². The molecular weight excluding hydrogens is 220 g/mol. The zero-order chi connectivity index (χ0) is 12.3. The van der Waals surface area contributed by atoms with Crippen molar-refractivity contribution in [2.75, 3.05) is 6.61 Å². The minimum absolute atomic E-state index is 0.175. The van der Waals surface area contributed by atoms with Gasteiger partial charge < -0.3 is 9.84 Å². The number of carbonyl (C=O) groups is 1. The van der Waals surface area contributed by atoms with Crippen molar-refractivity contribution in [2.24, 2.45) is 0 Å². The fourth-order valence-corrected chi connectivity index (χ4v) is 2.18. The number of rotatable bonds is 3. The second kappa shape index (κ2) is 5.31. The summed E-state index contributed by atoms with van der Waals surface area (Å²) in [6.07, 6.45) is 6.53. The zero-order valence-corrected chi connectivity index (χ0v) is 10.0. The Bertz CT molecular complexity index is 381. The summed E-state index contributed by atoms with van der Waals surface area (Å²) in [6, 6.07) is 0.293. The highest BCUT2D eigenvalue weighted by atomic mass is 16.5. The van der Waals surface area contributed by atoms with E-state index in [2.05, 4.69) is 5.10 Å². The second-order valence-electron chi connectivity index (χ2n) is 4.39. The lowest BCUT2D eigenvalue weighted by molar-refractivity contribution is 0.0525. The molecule has 5 heteroatoms. The molecule has 0 amide bonds. The molecule has 0 unspecified atom stereocenters. The number of ether oxygens (including phenoxy) is 1. The van der Waals surface area contributed by atoms with Gasteiger partial charge in [0.1, 0.15) is 0 Å². The van der Waals surface area contributed by atoms with Gasteiger partial charge in [0.05, 0.1) is 30.5 Å². The molecule has 1 aliphatic carbocycles. The first-order valence-electron chi connectivity index (χ1n) is 6.10. The lowest BCUT2D eigenvalue weighted by Crippen LogP contribution is -2.21. The van der Waals surface area contributed by atoms with Crippen LogP contribution in [0.5, 0.6) is 0 Å². The summed E-state index contributed by atoms with van der Waals surface area (Å²) in [5.74, 6) is -0.324. The van der Waals surface area contributed by atoms with Crippen molar-refractivity contribution in [2.45, 2.75) is 44.8 Å². The molecular formula is C12H18N2O3. The number of nitrogens with zero attached hydrogens (tertiary/aromatic N) is 2. The van der Waals surface area contributed by atoms with Gasteiger partial charge in [-0.2, -0.15) is 5.10 Å². The van der Waals surface area contributed by atoms with Crippen LogP contribution >= 0.6 is 0 Å². The van der Waals surface area contributed by atoms with Crippen molar-refractivity contribution in [3.05, 3.63) is 18.0 Å². The summed E-state index contributed by atoms with van der Waals surface area (Å²) < 4.78 is 6.73. The van der Waals surface area contributed by atoms with Gasteiger partial charge in [-0.05, 0) is 32.6 Å². The van der Waals surface area contributed by atoms with Crippen molar-refractivity contribution in [3.8, 4) is 0 Å². The highest BCUT2D eigenvalue weighted by Gasteiger charge is 2.22. The van der Waals surface area contributed by atoms with Gasteiger partial charge in [0, 0.05) is 6.20 Å². The molecule has 5 nitrogen and oxygen atoms in total. The third-order valence-corrected chi connectivity index (χ3v) is 3.15. The molecule has 0 aliphatic heterocycles. The van der Waals surface area contributed by atoms with Gasteiger partial charge in [-0.25, -0.2) is 4.79 Å². The molecule has 1 fully saturated rings. The smallest absolute Gasteiger partial charge is 0.341 e. The Morgan fingerprint density at radius 3 is 2.88 bits per heavy atom. The molecule has 1 aliphatic rings. The Hall–Kier alpha value is -1.36. The SMILES string of the molecule is CCOC(=O)c1cnn([C@H]2CC[C@H](O)CC2)c1. The zero-order valence-electron chi connectivity index (χ0n) is 10.0. The first-order chi connectivity index (χ1) is 8.20. The number of carbonyl (C=O) groups excluding carboxylic acids is 1. The van der Waals surface area contributed by atoms with E-state index in [-0.39, 0.29) is 12.1 Å². The predicted molar refractivity (Wildman–Crippen MR) is 61.7 cm³/mol. The Labute approximate surface area is 100 Å². The van der Waals surface area contributed by atoms with E-state index in [0.717, 1.165) is 25.7 Å². The topological polar surface area (TPSA) is 64.3 Å². The number of hydrogen-bond acceptors (Lipinski definition) is 4. The van der Waals surface area contributed by atoms with Gasteiger partial charge in [-0.15, -0.1) is 0 Å². The number of esters is 1. The second-order valence-corrected chi connectivity index (χ2v) is 4.39. The van der Waals surface area contributed by atoms with Crippen LogP contribution in [0.15, 0.2) is 12.4 Å². The molecule has 0 saturated heterocycles. The van der Waals surface area contributed by atoms with Gasteiger partial charge in [-0.3, -0.25) is 4.68 Å². The number of aliphatic hydroxyl groups excluding tert-OH is 1. The van der Waals surface area contributed by atoms with E-state index < -0.39 is 0 Å². The summed E-state index contributed by atoms with van der Waals surface area (Å²) in [4.78, 5) is 11.5. The first kappa shape index (κ1) is 12.1. The van der Waals surface area contributed by atoms with Crippen LogP contribution in [-0.2, 0) is 4.74 Å². The van der Waals surface area contributed by atoms with E-state index in [1.807, 2.05) is 4.68 Å². The maximum Gasteiger partial charge on any atom is 0.341 e. The molecule has 0 bridgehead atoms. The van der Waals surface area contributed by atoms with Crippen LogP contribution < -0.4 is 0 Å². The molecule has 0 aromatic carbocycles. The molecule has 1 heterocycles. The van der Waals surface area contributed by atoms with Crippen LogP contribution in [0.4, 0.5) is 0 Å². The van der Waals surface area contributed by atoms with Gasteiger partial charge in [0.2, 0.25) is 0 Å². The van der Waals surface area contributed by atoms with Crippen LogP contribution in [0.2, 0.25) is 0 Å². The maximum absolute atomic E-state index is 11.5. The summed E-state index contributed by atoms with van der Waals surface area (Å²) in [7, 11) is 0. The quantitative estimate of drug-likeness (QED) is 0.811. The van der Waals surface area contributed by atoms with Crippen LogP contribution in [-0.4, -0.2) is 33.6 Å². The normalized spacial score (nSPS) is 24.6. The van der Waals surface area contributed by atoms with Gasteiger partial charge in [-0.1, -0.05) is 0 Å². The van der Waals surface area contributed by atoms with Crippen LogP contribution in [0.25, 0.3) is 0 Å². The van der Waals surface area contributed by atoms with Crippen molar-refractivity contribution >= 4 is 5.97 Å².